The number of rotatable bonds is 12. The fourth-order valence-electron chi connectivity index (χ4n) is 3.52. The maximum Gasteiger partial charge on any atom is 0.421 e. The van der Waals surface area contributed by atoms with E-state index in [1.807, 2.05) is 24.3 Å². The molecule has 0 aliphatic heterocycles. The summed E-state index contributed by atoms with van der Waals surface area (Å²) >= 11 is 0. The van der Waals surface area contributed by atoms with Gasteiger partial charge in [-0.05, 0) is 48.6 Å². The van der Waals surface area contributed by atoms with Gasteiger partial charge in [0.15, 0.2) is 0 Å². The summed E-state index contributed by atoms with van der Waals surface area (Å²) in [5.41, 5.74) is 1.40. The monoisotopic (exact) mass is 486 g/mol. The predicted molar refractivity (Wildman–Crippen MR) is 135 cm³/mol. The second-order valence-electron chi connectivity index (χ2n) is 8.57. The summed E-state index contributed by atoms with van der Waals surface area (Å²) < 4.78 is 46.7. The molecule has 5 nitrogen and oxygen atoms in total. The number of unbranched alkanes of at least 4 members (excludes halogenated alkanes) is 3. The van der Waals surface area contributed by atoms with E-state index < -0.39 is 11.7 Å². The molecule has 1 unspecified atom stereocenters. The fraction of sp³-hybridized carbons (Fsp3) is 0.407. The third kappa shape index (κ3) is 7.87. The minimum atomic E-state index is -4.60. The van der Waals surface area contributed by atoms with Gasteiger partial charge >= 0.3 is 6.18 Å². The lowest BCUT2D eigenvalue weighted by atomic mass is 9.99. The number of alkyl halides is 3. The van der Waals surface area contributed by atoms with Crippen molar-refractivity contribution in [3.63, 3.8) is 0 Å². The molecule has 188 valence electrons. The lowest BCUT2D eigenvalue weighted by Gasteiger charge is -2.16. The Labute approximate surface area is 205 Å². The van der Waals surface area contributed by atoms with Gasteiger partial charge in [0.1, 0.15) is 17.1 Å². The van der Waals surface area contributed by atoms with Crippen molar-refractivity contribution in [1.29, 1.82) is 0 Å². The van der Waals surface area contributed by atoms with E-state index in [9.17, 15) is 13.2 Å². The maximum absolute atomic E-state index is 13.6. The molecule has 1 atom stereocenters. The first-order valence-electron chi connectivity index (χ1n) is 12.1. The predicted octanol–water partition coefficient (Wildman–Crippen LogP) is 8.46. The smallest absolute Gasteiger partial charge is 0.421 e. The molecule has 0 bridgehead atoms. The summed E-state index contributed by atoms with van der Waals surface area (Å²) in [5.74, 6) is 0.763. The van der Waals surface area contributed by atoms with Crippen molar-refractivity contribution in [3.8, 4) is 5.75 Å². The van der Waals surface area contributed by atoms with Crippen LogP contribution < -0.4 is 15.4 Å². The molecule has 0 aliphatic rings. The first kappa shape index (κ1) is 26.3. The average Bonchev–Trinajstić information content (AvgIpc) is 2.83. The molecule has 3 aromatic rings. The minimum Gasteiger partial charge on any atom is -0.494 e. The molecule has 1 heterocycles. The molecular formula is C27H33F3N4O. The van der Waals surface area contributed by atoms with E-state index in [1.165, 1.54) is 5.56 Å². The van der Waals surface area contributed by atoms with Gasteiger partial charge in [0.2, 0.25) is 5.95 Å². The topological polar surface area (TPSA) is 59.1 Å². The van der Waals surface area contributed by atoms with Crippen LogP contribution in [-0.2, 0) is 6.18 Å². The van der Waals surface area contributed by atoms with Gasteiger partial charge in [0, 0.05) is 23.6 Å². The lowest BCUT2D eigenvalue weighted by molar-refractivity contribution is -0.137. The van der Waals surface area contributed by atoms with E-state index in [-0.39, 0.29) is 11.8 Å². The largest absolute Gasteiger partial charge is 0.494 e. The maximum atomic E-state index is 13.6. The van der Waals surface area contributed by atoms with Gasteiger partial charge in [0.05, 0.1) is 6.61 Å². The molecule has 35 heavy (non-hydrogen) atoms. The second-order valence-corrected chi connectivity index (χ2v) is 8.57. The van der Waals surface area contributed by atoms with E-state index in [0.29, 0.717) is 29.6 Å². The van der Waals surface area contributed by atoms with Crippen LogP contribution >= 0.6 is 0 Å². The van der Waals surface area contributed by atoms with E-state index in [0.717, 1.165) is 38.3 Å². The molecule has 0 fully saturated rings. The normalized spacial score (nSPS) is 12.3. The Balaban J connectivity index is 1.77. The molecule has 3 rings (SSSR count). The second kappa shape index (κ2) is 12.4. The van der Waals surface area contributed by atoms with Gasteiger partial charge in [-0.25, -0.2) is 4.98 Å². The Morgan fingerprint density at radius 1 is 0.943 bits per heavy atom. The van der Waals surface area contributed by atoms with E-state index in [2.05, 4.69) is 41.4 Å². The number of benzene rings is 2. The van der Waals surface area contributed by atoms with Gasteiger partial charge in [0.25, 0.3) is 0 Å². The summed E-state index contributed by atoms with van der Waals surface area (Å²) in [6.45, 7) is 6.97. The number of hydrogen-bond donors (Lipinski definition) is 2. The van der Waals surface area contributed by atoms with Crippen LogP contribution in [0.25, 0.3) is 0 Å². The molecule has 0 spiro atoms. The van der Waals surface area contributed by atoms with E-state index >= 15 is 0 Å². The molecule has 8 heteroatoms. The molecule has 0 aliphatic carbocycles. The van der Waals surface area contributed by atoms with Crippen LogP contribution in [0.4, 0.5) is 36.3 Å². The van der Waals surface area contributed by atoms with Crippen molar-refractivity contribution in [2.45, 2.75) is 65.0 Å². The number of anilines is 4. The third-order valence-corrected chi connectivity index (χ3v) is 5.81. The van der Waals surface area contributed by atoms with Gasteiger partial charge < -0.3 is 15.4 Å². The first-order valence-corrected chi connectivity index (χ1v) is 12.1. The number of hydrogen-bond acceptors (Lipinski definition) is 5. The van der Waals surface area contributed by atoms with Gasteiger partial charge in [-0.15, -0.1) is 0 Å². The molecule has 0 radical (unpaired) electrons. The van der Waals surface area contributed by atoms with Crippen LogP contribution in [0.5, 0.6) is 5.75 Å². The van der Waals surface area contributed by atoms with Crippen LogP contribution in [0.3, 0.4) is 0 Å². The number of aromatic nitrogens is 2. The SMILES string of the molecule is CCCCCCOc1cccc(Nc2nc(Nc3ccc(C(C)CC)cc3)ncc2C(F)(F)F)c1. The van der Waals surface area contributed by atoms with Crippen molar-refractivity contribution < 1.29 is 17.9 Å². The van der Waals surface area contributed by atoms with E-state index in [4.69, 9.17) is 4.74 Å². The molecule has 0 saturated heterocycles. The summed E-state index contributed by atoms with van der Waals surface area (Å²) in [6, 6.07) is 14.6. The Bertz CT molecular complexity index is 1070. The quantitative estimate of drug-likeness (QED) is 0.252. The summed E-state index contributed by atoms with van der Waals surface area (Å²) in [5, 5.41) is 5.79. The molecule has 0 amide bonds. The standard InChI is InChI=1S/C27H33F3N4O/c1-4-6-7-8-16-35-23-11-9-10-22(17-23)32-25-24(27(28,29)30)18-31-26(34-25)33-21-14-12-20(13-15-21)19(3)5-2/h9-15,17-19H,4-8,16H2,1-3H3,(H2,31,32,33,34). The summed E-state index contributed by atoms with van der Waals surface area (Å²) in [7, 11) is 0. The highest BCUT2D eigenvalue weighted by molar-refractivity contribution is 5.64. The van der Waals surface area contributed by atoms with E-state index in [1.54, 1.807) is 24.3 Å². The van der Waals surface area contributed by atoms with Crippen LogP contribution in [0, 0.1) is 0 Å². The van der Waals surface area contributed by atoms with Gasteiger partial charge in [-0.2, -0.15) is 18.2 Å². The van der Waals surface area contributed by atoms with Crippen molar-refractivity contribution in [2.24, 2.45) is 0 Å². The van der Waals surface area contributed by atoms with Gasteiger partial charge in [-0.3, -0.25) is 0 Å². The summed E-state index contributed by atoms with van der Waals surface area (Å²) in [6.07, 6.45) is 1.52. The van der Waals surface area contributed by atoms with Crippen molar-refractivity contribution in [3.05, 3.63) is 65.9 Å². The van der Waals surface area contributed by atoms with Crippen molar-refractivity contribution >= 4 is 23.1 Å². The minimum absolute atomic E-state index is 0.0696. The highest BCUT2D eigenvalue weighted by Gasteiger charge is 2.35. The van der Waals surface area contributed by atoms with Crippen LogP contribution in [0.15, 0.2) is 54.7 Å². The Morgan fingerprint density at radius 2 is 1.71 bits per heavy atom. The van der Waals surface area contributed by atoms with Crippen molar-refractivity contribution in [2.75, 3.05) is 17.2 Å². The number of nitrogens with one attached hydrogen (secondary N) is 2. The number of nitrogens with zero attached hydrogens (tertiary/aromatic N) is 2. The molecule has 2 N–H and O–H groups in total. The number of ether oxygens (including phenoxy) is 1. The zero-order chi connectivity index (χ0) is 25.3. The molecule has 2 aromatic carbocycles. The van der Waals surface area contributed by atoms with Crippen molar-refractivity contribution in [1.82, 2.24) is 9.97 Å². The first-order chi connectivity index (χ1) is 16.8. The lowest BCUT2D eigenvalue weighted by Crippen LogP contribution is -2.12. The summed E-state index contributed by atoms with van der Waals surface area (Å²) in [4.78, 5) is 8.03. The Morgan fingerprint density at radius 3 is 2.40 bits per heavy atom. The molecule has 1 aromatic heterocycles. The molecular weight excluding hydrogens is 453 g/mol. The average molecular weight is 487 g/mol. The third-order valence-electron chi connectivity index (χ3n) is 5.81. The van der Waals surface area contributed by atoms with Crippen LogP contribution in [0.2, 0.25) is 0 Å². The highest BCUT2D eigenvalue weighted by atomic mass is 19.4. The Hall–Kier alpha value is -3.29. The zero-order valence-corrected chi connectivity index (χ0v) is 20.5. The highest BCUT2D eigenvalue weighted by Crippen LogP contribution is 2.36. The zero-order valence-electron chi connectivity index (χ0n) is 20.5. The molecule has 0 saturated carbocycles. The number of halogens is 3. The Kier molecular flexibility index (Phi) is 9.34. The van der Waals surface area contributed by atoms with Gasteiger partial charge in [-0.1, -0.05) is 58.2 Å². The fourth-order valence-corrected chi connectivity index (χ4v) is 3.52. The van der Waals surface area contributed by atoms with Crippen LogP contribution in [-0.4, -0.2) is 16.6 Å². The van der Waals surface area contributed by atoms with Crippen LogP contribution in [0.1, 0.15) is 69.9 Å².